The molecule has 3 heterocycles. The molecule has 8 nitrogen and oxygen atoms in total. The van der Waals surface area contributed by atoms with Gasteiger partial charge in [0.05, 0.1) is 7.11 Å². The van der Waals surface area contributed by atoms with Gasteiger partial charge in [0.2, 0.25) is 0 Å². The Balaban J connectivity index is 2.05. The smallest absolute Gasteiger partial charge is 0.493 e. The molecule has 1 aromatic carbocycles. The van der Waals surface area contributed by atoms with Crippen LogP contribution in [0.15, 0.2) is 58.2 Å². The van der Waals surface area contributed by atoms with Gasteiger partial charge < -0.3 is 9.57 Å². The van der Waals surface area contributed by atoms with Crippen LogP contribution in [0.5, 0.6) is 5.75 Å². The van der Waals surface area contributed by atoms with Crippen LogP contribution in [-0.4, -0.2) is 37.6 Å². The number of benzene rings is 1. The molecule has 0 saturated heterocycles. The molecule has 0 spiro atoms. The number of hydrogen-bond acceptors (Lipinski definition) is 8. The number of pyridine rings is 2. The van der Waals surface area contributed by atoms with E-state index in [1.807, 2.05) is 0 Å². The third kappa shape index (κ3) is 5.26. The number of fused-ring (bicyclic) bond motifs is 1. The van der Waals surface area contributed by atoms with Crippen molar-refractivity contribution in [3.8, 4) is 16.9 Å². The summed E-state index contributed by atoms with van der Waals surface area (Å²) in [7, 11) is -3.42. The van der Waals surface area contributed by atoms with Crippen molar-refractivity contribution in [2.75, 3.05) is 11.6 Å². The van der Waals surface area contributed by atoms with Crippen molar-refractivity contribution in [1.29, 1.82) is 0 Å². The highest BCUT2D eigenvalue weighted by Gasteiger charge is 2.45. The zero-order valence-electron chi connectivity index (χ0n) is 19.3. The first kappa shape index (κ1) is 26.8. The summed E-state index contributed by atoms with van der Waals surface area (Å²) < 4.78 is 72.6. The molecule has 0 atom stereocenters. The lowest BCUT2D eigenvalue weighted by Crippen LogP contribution is -2.39. The summed E-state index contributed by atoms with van der Waals surface area (Å²) >= 11 is 4.31. The minimum Gasteiger partial charge on any atom is -0.497 e. The summed E-state index contributed by atoms with van der Waals surface area (Å²) in [5, 5.41) is 0.183. The van der Waals surface area contributed by atoms with Gasteiger partial charge >= 0.3 is 12.1 Å². The number of methoxy groups -OCH3 is 1. The van der Waals surface area contributed by atoms with Crippen molar-refractivity contribution in [1.82, 2.24) is 9.97 Å². The number of anilines is 1. The van der Waals surface area contributed by atoms with Crippen molar-refractivity contribution in [2.24, 2.45) is 0 Å². The van der Waals surface area contributed by atoms with Crippen molar-refractivity contribution in [3.63, 3.8) is 0 Å². The SMILES string of the molecule is COc1cccc(-c2c(C)sc3nc(C)cc(N(OC(=O)C(F)(F)F)S(=O)(=O)c4cncc(Br)c4)c23)c1. The molecule has 37 heavy (non-hydrogen) atoms. The molecule has 0 unspecified atom stereocenters. The number of halogens is 4. The van der Waals surface area contributed by atoms with Crippen LogP contribution in [0, 0.1) is 13.8 Å². The Morgan fingerprint density at radius 3 is 2.51 bits per heavy atom. The molecule has 0 saturated carbocycles. The number of hydrogen-bond donors (Lipinski definition) is 0. The van der Waals surface area contributed by atoms with E-state index in [-0.39, 0.29) is 25.7 Å². The monoisotopic (exact) mass is 615 g/mol. The molecule has 0 aliphatic rings. The lowest BCUT2D eigenvalue weighted by Gasteiger charge is -2.24. The van der Waals surface area contributed by atoms with Crippen LogP contribution in [0.2, 0.25) is 0 Å². The van der Waals surface area contributed by atoms with Gasteiger partial charge in [0.1, 0.15) is 21.2 Å². The number of thiophene rings is 1. The molecule has 0 fully saturated rings. The fourth-order valence-electron chi connectivity index (χ4n) is 3.56. The molecule has 194 valence electrons. The van der Waals surface area contributed by atoms with Crippen molar-refractivity contribution >= 4 is 59.2 Å². The van der Waals surface area contributed by atoms with E-state index in [0.717, 1.165) is 12.3 Å². The maximum absolute atomic E-state index is 13.6. The van der Waals surface area contributed by atoms with Gasteiger partial charge in [-0.3, -0.25) is 4.98 Å². The molecule has 4 rings (SSSR count). The highest BCUT2D eigenvalue weighted by atomic mass is 79.9. The average molecular weight is 616 g/mol. The van der Waals surface area contributed by atoms with Crippen molar-refractivity contribution in [2.45, 2.75) is 24.9 Å². The third-order valence-electron chi connectivity index (χ3n) is 5.09. The number of aryl methyl sites for hydroxylation is 2. The fraction of sp³-hybridized carbons (Fsp3) is 0.174. The van der Waals surface area contributed by atoms with E-state index in [4.69, 9.17) is 4.74 Å². The Hall–Kier alpha value is -3.23. The molecule has 0 aliphatic carbocycles. The molecule has 14 heteroatoms. The second-order valence-electron chi connectivity index (χ2n) is 7.68. The van der Waals surface area contributed by atoms with Crippen LogP contribution in [0.3, 0.4) is 0 Å². The number of alkyl halides is 3. The van der Waals surface area contributed by atoms with Crippen molar-refractivity contribution < 1.29 is 36.0 Å². The lowest BCUT2D eigenvalue weighted by atomic mass is 10.0. The second kappa shape index (κ2) is 9.91. The third-order valence-corrected chi connectivity index (χ3v) is 8.05. The van der Waals surface area contributed by atoms with Crippen molar-refractivity contribution in [3.05, 3.63) is 63.8 Å². The Kier molecular flexibility index (Phi) is 7.18. The number of nitrogens with zero attached hydrogens (tertiary/aromatic N) is 3. The summed E-state index contributed by atoms with van der Waals surface area (Å²) in [6.07, 6.45) is -3.24. The van der Waals surface area contributed by atoms with E-state index in [0.29, 0.717) is 26.6 Å². The van der Waals surface area contributed by atoms with E-state index in [2.05, 4.69) is 30.7 Å². The highest BCUT2D eigenvalue weighted by Crippen LogP contribution is 2.45. The van der Waals surface area contributed by atoms with Gasteiger partial charge in [-0.25, -0.2) is 9.78 Å². The minimum atomic E-state index is -5.47. The van der Waals surface area contributed by atoms with E-state index in [9.17, 15) is 26.4 Å². The second-order valence-corrected chi connectivity index (χ2v) is 11.5. The van der Waals surface area contributed by atoms with Crippen LogP contribution in [0.4, 0.5) is 18.9 Å². The van der Waals surface area contributed by atoms with Gasteiger partial charge in [0.15, 0.2) is 0 Å². The molecule has 4 aromatic rings. The summed E-state index contributed by atoms with van der Waals surface area (Å²) in [4.78, 5) is 25.3. The quantitative estimate of drug-likeness (QED) is 0.247. The van der Waals surface area contributed by atoms with Crippen LogP contribution in [0.25, 0.3) is 21.3 Å². The summed E-state index contributed by atoms with van der Waals surface area (Å²) in [5.41, 5.74) is 1.06. The molecular weight excluding hydrogens is 599 g/mol. The van der Waals surface area contributed by atoms with E-state index in [1.165, 1.54) is 30.7 Å². The maximum Gasteiger partial charge on any atom is 0.493 e. The van der Waals surface area contributed by atoms with E-state index in [1.54, 1.807) is 38.1 Å². The first-order chi connectivity index (χ1) is 17.3. The summed E-state index contributed by atoms with van der Waals surface area (Å²) in [6.45, 7) is 3.30. The Bertz CT molecular complexity index is 1620. The van der Waals surface area contributed by atoms with Gasteiger partial charge in [-0.05, 0) is 59.6 Å². The topological polar surface area (TPSA) is 98.7 Å². The first-order valence-corrected chi connectivity index (χ1v) is 13.4. The van der Waals surface area contributed by atoms with Gasteiger partial charge in [-0.15, -0.1) is 11.3 Å². The molecule has 0 N–H and O–H groups in total. The summed E-state index contributed by atoms with van der Waals surface area (Å²) in [5.74, 6) is -2.21. The van der Waals surface area contributed by atoms with Gasteiger partial charge in [0.25, 0.3) is 10.0 Å². The molecule has 0 bridgehead atoms. The fourth-order valence-corrected chi connectivity index (χ4v) is 6.42. The Labute approximate surface area is 221 Å². The zero-order valence-corrected chi connectivity index (χ0v) is 22.5. The lowest BCUT2D eigenvalue weighted by molar-refractivity contribution is -0.199. The molecule has 0 amide bonds. The van der Waals surface area contributed by atoms with Crippen LogP contribution in [-0.2, 0) is 19.7 Å². The summed E-state index contributed by atoms with van der Waals surface area (Å²) in [6, 6.07) is 9.22. The van der Waals surface area contributed by atoms with E-state index >= 15 is 0 Å². The first-order valence-electron chi connectivity index (χ1n) is 10.3. The van der Waals surface area contributed by atoms with Gasteiger partial charge in [-0.1, -0.05) is 16.6 Å². The largest absolute Gasteiger partial charge is 0.497 e. The normalized spacial score (nSPS) is 12.0. The number of rotatable bonds is 6. The molecular formula is C23H17BrF3N3O5S2. The molecule has 0 aliphatic heterocycles. The maximum atomic E-state index is 13.6. The number of ether oxygens (including phenoxy) is 1. The van der Waals surface area contributed by atoms with Gasteiger partial charge in [-0.2, -0.15) is 21.6 Å². The molecule has 0 radical (unpaired) electrons. The average Bonchev–Trinajstić information content (AvgIpc) is 3.16. The van der Waals surface area contributed by atoms with E-state index < -0.39 is 27.1 Å². The van der Waals surface area contributed by atoms with Gasteiger partial charge in [0, 0.05) is 38.4 Å². The number of sulfonamides is 1. The molecule has 3 aromatic heterocycles. The zero-order chi connectivity index (χ0) is 27.1. The van der Waals surface area contributed by atoms with Crippen LogP contribution in [0.1, 0.15) is 10.6 Å². The van der Waals surface area contributed by atoms with Crippen LogP contribution >= 0.6 is 27.3 Å². The highest BCUT2D eigenvalue weighted by molar-refractivity contribution is 9.10. The van der Waals surface area contributed by atoms with Crippen LogP contribution < -0.4 is 9.21 Å². The number of carbonyl (C=O) groups excluding carboxylic acids is 1. The minimum absolute atomic E-state index is 0.0148. The number of carbonyl (C=O) groups is 1. The Morgan fingerprint density at radius 1 is 1.14 bits per heavy atom. The number of aromatic nitrogens is 2. The standard InChI is InChI=1S/C23H17BrF3N3O5S2/c1-12-7-18(20-19(13(2)36-21(20)29-12)14-5-4-6-16(8-14)34-3)30(35-22(31)23(25,26)27)37(32,33)17-9-15(24)10-28-11-17/h4-11H,1-3H3. The Morgan fingerprint density at radius 2 is 1.86 bits per heavy atom. The predicted molar refractivity (Wildman–Crippen MR) is 135 cm³/mol. The predicted octanol–water partition coefficient (Wildman–Crippen LogP) is 5.96.